The van der Waals surface area contributed by atoms with Crippen molar-refractivity contribution in [1.82, 2.24) is 4.90 Å². The maximum atomic E-state index is 12.9. The van der Waals surface area contributed by atoms with Gasteiger partial charge in [-0.05, 0) is 46.0 Å². The van der Waals surface area contributed by atoms with Crippen LogP contribution in [-0.4, -0.2) is 41.1 Å². The molecular weight excluding hydrogens is 258 g/mol. The first-order valence-electron chi connectivity index (χ1n) is 7.69. The van der Waals surface area contributed by atoms with Crippen molar-refractivity contribution in [3.8, 4) is 0 Å². The molecule has 0 N–H and O–H groups in total. The predicted octanol–water partition coefficient (Wildman–Crippen LogP) is 0.319. The lowest BCUT2D eigenvalue weighted by molar-refractivity contribution is -0.314. The first-order valence-corrected chi connectivity index (χ1v) is 7.69. The van der Waals surface area contributed by atoms with Gasteiger partial charge in [0.15, 0.2) is 0 Å². The van der Waals surface area contributed by atoms with E-state index in [-0.39, 0.29) is 30.2 Å². The van der Waals surface area contributed by atoms with Crippen LogP contribution in [0.25, 0.3) is 0 Å². The first kappa shape index (κ1) is 13.9. The summed E-state index contributed by atoms with van der Waals surface area (Å²) in [5, 5.41) is 11.4. The average molecular weight is 280 g/mol. The molecule has 0 radical (unpaired) electrons. The summed E-state index contributed by atoms with van der Waals surface area (Å²) in [5.74, 6) is -2.47. The lowest BCUT2D eigenvalue weighted by atomic mass is 9.77. The van der Waals surface area contributed by atoms with Crippen molar-refractivity contribution in [3.05, 3.63) is 0 Å². The van der Waals surface area contributed by atoms with Crippen molar-refractivity contribution < 1.29 is 19.4 Å². The second kappa shape index (κ2) is 5.02. The van der Waals surface area contributed by atoms with E-state index >= 15 is 0 Å². The zero-order valence-electron chi connectivity index (χ0n) is 12.1. The number of piperidine rings is 1. The highest BCUT2D eigenvalue weighted by molar-refractivity contribution is 5.86. The Hall–Kier alpha value is -1.10. The minimum absolute atomic E-state index is 0.0360. The van der Waals surface area contributed by atoms with Gasteiger partial charge in [0.1, 0.15) is 0 Å². The smallest absolute Gasteiger partial charge is 0.229 e. The number of carbonyl (C=O) groups excluding carboxylic acids is 2. The molecule has 5 nitrogen and oxygen atoms in total. The summed E-state index contributed by atoms with van der Waals surface area (Å²) in [4.78, 5) is 26.2. The Morgan fingerprint density at radius 2 is 1.55 bits per heavy atom. The third-order valence-corrected chi connectivity index (χ3v) is 5.28. The van der Waals surface area contributed by atoms with Gasteiger partial charge in [0.2, 0.25) is 5.91 Å². The third kappa shape index (κ3) is 2.03. The van der Waals surface area contributed by atoms with E-state index in [1.807, 2.05) is 4.90 Å². The van der Waals surface area contributed by atoms with Gasteiger partial charge in [0, 0.05) is 24.0 Å². The molecule has 112 valence electrons. The molecule has 3 heterocycles. The number of carbonyl (C=O) groups is 2. The molecule has 2 bridgehead atoms. The lowest BCUT2D eigenvalue weighted by Crippen LogP contribution is -2.55. The molecule has 3 aliphatic heterocycles. The Labute approximate surface area is 119 Å². The number of fused-ring (bicyclic) bond motifs is 2. The molecule has 0 aromatic heterocycles. The van der Waals surface area contributed by atoms with Gasteiger partial charge in [0.25, 0.3) is 0 Å². The number of aliphatic carboxylic acids is 1. The van der Waals surface area contributed by atoms with Gasteiger partial charge in [-0.2, -0.15) is 0 Å². The largest absolute Gasteiger partial charge is 0.550 e. The maximum absolute atomic E-state index is 12.9. The Balaban J connectivity index is 1.83. The average Bonchev–Trinajstić information content (AvgIpc) is 2.98. The van der Waals surface area contributed by atoms with Crippen LogP contribution in [0.2, 0.25) is 0 Å². The number of carboxylic acid groups (broad SMARTS) is 1. The summed E-state index contributed by atoms with van der Waals surface area (Å²) in [5.41, 5.74) is 0. The van der Waals surface area contributed by atoms with Crippen molar-refractivity contribution in [1.29, 1.82) is 0 Å². The molecule has 0 aromatic carbocycles. The van der Waals surface area contributed by atoms with E-state index in [0.717, 1.165) is 32.1 Å². The Morgan fingerprint density at radius 3 is 2.10 bits per heavy atom. The highest BCUT2D eigenvalue weighted by Crippen LogP contribution is 2.45. The van der Waals surface area contributed by atoms with Crippen molar-refractivity contribution in [2.75, 3.05) is 0 Å². The van der Waals surface area contributed by atoms with Gasteiger partial charge < -0.3 is 19.5 Å². The molecule has 3 saturated heterocycles. The quantitative estimate of drug-likeness (QED) is 0.730. The van der Waals surface area contributed by atoms with E-state index in [2.05, 4.69) is 13.8 Å². The number of hydrogen-bond donors (Lipinski definition) is 0. The van der Waals surface area contributed by atoms with E-state index in [1.165, 1.54) is 0 Å². The fourth-order valence-electron chi connectivity index (χ4n) is 4.32. The number of ether oxygens (including phenoxy) is 1. The van der Waals surface area contributed by atoms with E-state index < -0.39 is 17.8 Å². The number of nitrogens with zero attached hydrogens (tertiary/aromatic N) is 1. The maximum Gasteiger partial charge on any atom is 0.229 e. The summed E-state index contributed by atoms with van der Waals surface area (Å²) < 4.78 is 5.67. The zero-order chi connectivity index (χ0) is 14.4. The molecule has 3 rings (SSSR count). The predicted molar refractivity (Wildman–Crippen MR) is 69.5 cm³/mol. The van der Waals surface area contributed by atoms with Crippen LogP contribution >= 0.6 is 0 Å². The summed E-state index contributed by atoms with van der Waals surface area (Å²) in [6.07, 6.45) is 4.09. The van der Waals surface area contributed by atoms with E-state index in [9.17, 15) is 14.7 Å². The summed E-state index contributed by atoms with van der Waals surface area (Å²) in [6, 6.07) is 0.376. The Bertz CT molecular complexity index is 414. The molecule has 20 heavy (non-hydrogen) atoms. The standard InChI is InChI=1S/C15H23NO4/c1-8-4-3-5-9(2)16(8)14(17)12-10-6-7-11(20-10)13(12)15(18)19/h8-13H,3-7H2,1-2H3,(H,18,19)/p-1. The van der Waals surface area contributed by atoms with Gasteiger partial charge in [-0.15, -0.1) is 0 Å². The van der Waals surface area contributed by atoms with Crippen molar-refractivity contribution >= 4 is 11.9 Å². The molecule has 1 amide bonds. The normalized spacial score (nSPS) is 43.8. The molecule has 0 saturated carbocycles. The van der Waals surface area contributed by atoms with Gasteiger partial charge in [-0.25, -0.2) is 0 Å². The van der Waals surface area contributed by atoms with Crippen molar-refractivity contribution in [3.63, 3.8) is 0 Å². The highest BCUT2D eigenvalue weighted by Gasteiger charge is 2.54. The van der Waals surface area contributed by atoms with Crippen LogP contribution in [0, 0.1) is 11.8 Å². The van der Waals surface area contributed by atoms with Crippen LogP contribution in [-0.2, 0) is 14.3 Å². The Morgan fingerprint density at radius 1 is 1.00 bits per heavy atom. The summed E-state index contributed by atoms with van der Waals surface area (Å²) in [7, 11) is 0. The SMILES string of the molecule is CC1CCCC(C)N1C(=O)C1C2CCC(O2)C1C(=O)[O-]. The fraction of sp³-hybridized carbons (Fsp3) is 0.867. The summed E-state index contributed by atoms with van der Waals surface area (Å²) >= 11 is 0. The second-order valence-electron chi connectivity index (χ2n) is 6.54. The molecule has 6 atom stereocenters. The van der Waals surface area contributed by atoms with Crippen molar-refractivity contribution in [2.24, 2.45) is 11.8 Å². The van der Waals surface area contributed by atoms with Crippen LogP contribution < -0.4 is 5.11 Å². The van der Waals surface area contributed by atoms with Crippen LogP contribution in [0.4, 0.5) is 0 Å². The minimum Gasteiger partial charge on any atom is -0.550 e. The molecular formula is C15H22NO4-. The monoisotopic (exact) mass is 280 g/mol. The van der Waals surface area contributed by atoms with Crippen LogP contribution in [0.3, 0.4) is 0 Å². The minimum atomic E-state index is -1.13. The van der Waals surface area contributed by atoms with Crippen LogP contribution in [0.15, 0.2) is 0 Å². The number of rotatable bonds is 2. The van der Waals surface area contributed by atoms with E-state index in [1.54, 1.807) is 0 Å². The van der Waals surface area contributed by atoms with E-state index in [0.29, 0.717) is 0 Å². The summed E-state index contributed by atoms with van der Waals surface area (Å²) in [6.45, 7) is 4.10. The number of amides is 1. The number of hydrogen-bond acceptors (Lipinski definition) is 4. The number of carboxylic acids is 1. The third-order valence-electron chi connectivity index (χ3n) is 5.28. The van der Waals surface area contributed by atoms with Gasteiger partial charge in [-0.1, -0.05) is 0 Å². The Kier molecular flexibility index (Phi) is 3.48. The van der Waals surface area contributed by atoms with Gasteiger partial charge >= 0.3 is 0 Å². The fourth-order valence-corrected chi connectivity index (χ4v) is 4.32. The molecule has 0 aromatic rings. The highest BCUT2D eigenvalue weighted by atomic mass is 16.5. The van der Waals surface area contributed by atoms with Crippen LogP contribution in [0.1, 0.15) is 46.0 Å². The molecule has 6 unspecified atom stereocenters. The molecule has 0 aliphatic carbocycles. The van der Waals surface area contributed by atoms with Crippen LogP contribution in [0.5, 0.6) is 0 Å². The van der Waals surface area contributed by atoms with Gasteiger partial charge in [-0.3, -0.25) is 4.79 Å². The molecule has 5 heteroatoms. The molecule has 0 spiro atoms. The van der Waals surface area contributed by atoms with E-state index in [4.69, 9.17) is 4.74 Å². The molecule has 3 aliphatic rings. The zero-order valence-corrected chi connectivity index (χ0v) is 12.1. The van der Waals surface area contributed by atoms with Crippen molar-refractivity contribution in [2.45, 2.75) is 70.2 Å². The molecule has 3 fully saturated rings. The first-order chi connectivity index (χ1) is 9.50. The second-order valence-corrected chi connectivity index (χ2v) is 6.54. The van der Waals surface area contributed by atoms with Gasteiger partial charge in [0.05, 0.1) is 18.1 Å². The lowest BCUT2D eigenvalue weighted by Gasteiger charge is -2.42. The topological polar surface area (TPSA) is 69.7 Å². The number of likely N-dealkylation sites (tertiary alicyclic amines) is 1.